The lowest BCUT2D eigenvalue weighted by Crippen LogP contribution is -2.41. The summed E-state index contributed by atoms with van der Waals surface area (Å²) in [6.45, 7) is 10.9. The molecule has 1 rings (SSSR count). The highest BCUT2D eigenvalue weighted by molar-refractivity contribution is 5.68. The molecule has 0 radical (unpaired) electrons. The summed E-state index contributed by atoms with van der Waals surface area (Å²) in [5.41, 5.74) is -0.442. The Morgan fingerprint density at radius 3 is 2.62 bits per heavy atom. The van der Waals surface area contributed by atoms with Crippen molar-refractivity contribution in [3.05, 3.63) is 0 Å². The van der Waals surface area contributed by atoms with E-state index in [1.807, 2.05) is 20.8 Å². The van der Waals surface area contributed by atoms with Crippen LogP contribution in [0.3, 0.4) is 0 Å². The number of nitrogens with zero attached hydrogens (tertiary/aromatic N) is 1. The van der Waals surface area contributed by atoms with Crippen molar-refractivity contribution < 1.29 is 14.3 Å². The average Bonchev–Trinajstić information content (AvgIpc) is 2.47. The van der Waals surface area contributed by atoms with E-state index in [1.165, 1.54) is 0 Å². The third kappa shape index (κ3) is 4.00. The van der Waals surface area contributed by atoms with Gasteiger partial charge in [-0.3, -0.25) is 4.90 Å². The number of ether oxygens (including phenoxy) is 2. The molecule has 0 aromatic rings. The Labute approximate surface area is 97.9 Å². The molecule has 0 N–H and O–H groups in total. The van der Waals surface area contributed by atoms with Gasteiger partial charge < -0.3 is 9.47 Å². The Balaban J connectivity index is 2.54. The Morgan fingerprint density at radius 2 is 2.12 bits per heavy atom. The molecule has 0 saturated carbocycles. The van der Waals surface area contributed by atoms with Gasteiger partial charge in [-0.1, -0.05) is 13.8 Å². The molecule has 1 heterocycles. The molecule has 0 unspecified atom stereocenters. The number of carbonyl (C=O) groups is 1. The van der Waals surface area contributed by atoms with Crippen LogP contribution in [0.15, 0.2) is 0 Å². The summed E-state index contributed by atoms with van der Waals surface area (Å²) in [4.78, 5) is 13.6. The van der Waals surface area contributed by atoms with Crippen LogP contribution in [-0.4, -0.2) is 36.0 Å². The summed E-state index contributed by atoms with van der Waals surface area (Å²) in [5.74, 6) is 0.552. The molecule has 1 amide bonds. The molecule has 1 saturated heterocycles. The quantitative estimate of drug-likeness (QED) is 0.730. The Kier molecular flexibility index (Phi) is 4.19. The monoisotopic (exact) mass is 229 g/mol. The molecule has 0 aliphatic carbocycles. The highest BCUT2D eigenvalue weighted by atomic mass is 16.6. The van der Waals surface area contributed by atoms with Crippen molar-refractivity contribution >= 4 is 6.09 Å². The maximum Gasteiger partial charge on any atom is 0.412 e. The van der Waals surface area contributed by atoms with Crippen molar-refractivity contribution in [2.45, 2.75) is 52.7 Å². The smallest absolute Gasteiger partial charge is 0.412 e. The number of carbonyl (C=O) groups excluding carboxylic acids is 1. The molecule has 4 nitrogen and oxygen atoms in total. The van der Waals surface area contributed by atoms with Crippen molar-refractivity contribution in [3.8, 4) is 0 Å². The first-order valence-electron chi connectivity index (χ1n) is 5.87. The van der Waals surface area contributed by atoms with Gasteiger partial charge in [-0.15, -0.1) is 0 Å². The molecule has 1 fully saturated rings. The third-order valence-corrected chi connectivity index (χ3v) is 2.35. The van der Waals surface area contributed by atoms with E-state index < -0.39 is 5.60 Å². The minimum absolute atomic E-state index is 0.162. The Morgan fingerprint density at radius 1 is 1.50 bits per heavy atom. The predicted molar refractivity (Wildman–Crippen MR) is 62.1 cm³/mol. The first kappa shape index (κ1) is 13.3. The zero-order chi connectivity index (χ0) is 12.3. The van der Waals surface area contributed by atoms with Gasteiger partial charge >= 0.3 is 6.09 Å². The molecule has 0 bridgehead atoms. The van der Waals surface area contributed by atoms with E-state index in [2.05, 4.69) is 13.8 Å². The van der Waals surface area contributed by atoms with Crippen LogP contribution in [0, 0.1) is 5.92 Å². The molecular weight excluding hydrogens is 206 g/mol. The SMILES string of the molecule is CC(C)C[C@H]1COCN1C(=O)OC(C)(C)C. The molecule has 0 spiro atoms. The molecule has 16 heavy (non-hydrogen) atoms. The fourth-order valence-corrected chi connectivity index (χ4v) is 1.74. The number of rotatable bonds is 2. The molecule has 0 aromatic heterocycles. The van der Waals surface area contributed by atoms with Crippen LogP contribution in [0.2, 0.25) is 0 Å². The second kappa shape index (κ2) is 5.04. The molecule has 1 aliphatic rings. The number of hydrogen-bond donors (Lipinski definition) is 0. The molecule has 1 atom stereocenters. The highest BCUT2D eigenvalue weighted by Crippen LogP contribution is 2.20. The van der Waals surface area contributed by atoms with Gasteiger partial charge in [0.15, 0.2) is 0 Å². The fourth-order valence-electron chi connectivity index (χ4n) is 1.74. The normalized spacial score (nSPS) is 21.6. The molecule has 94 valence electrons. The lowest BCUT2D eigenvalue weighted by molar-refractivity contribution is 0.0148. The van der Waals surface area contributed by atoms with Gasteiger partial charge in [-0.05, 0) is 33.1 Å². The minimum Gasteiger partial charge on any atom is -0.444 e. The van der Waals surface area contributed by atoms with E-state index in [0.717, 1.165) is 6.42 Å². The topological polar surface area (TPSA) is 38.8 Å². The highest BCUT2D eigenvalue weighted by Gasteiger charge is 2.33. The van der Waals surface area contributed by atoms with Gasteiger partial charge in [0.1, 0.15) is 12.3 Å². The lowest BCUT2D eigenvalue weighted by atomic mass is 10.0. The molecule has 1 aliphatic heterocycles. The zero-order valence-corrected chi connectivity index (χ0v) is 10.9. The van der Waals surface area contributed by atoms with E-state index >= 15 is 0 Å². The molecule has 4 heteroatoms. The maximum atomic E-state index is 11.9. The third-order valence-electron chi connectivity index (χ3n) is 2.35. The fraction of sp³-hybridized carbons (Fsp3) is 0.917. The standard InChI is InChI=1S/C12H23NO3/c1-9(2)6-10-7-15-8-13(10)11(14)16-12(3,4)5/h9-10H,6-8H2,1-5H3/t10-/m0/s1. The van der Waals surface area contributed by atoms with E-state index in [1.54, 1.807) is 4.90 Å². The Hall–Kier alpha value is -0.770. The van der Waals surface area contributed by atoms with Crippen LogP contribution in [0.1, 0.15) is 41.0 Å². The number of amides is 1. The second-order valence-corrected chi connectivity index (χ2v) is 5.73. The largest absolute Gasteiger partial charge is 0.444 e. The van der Waals surface area contributed by atoms with Crippen molar-refractivity contribution in [1.29, 1.82) is 0 Å². The number of hydrogen-bond acceptors (Lipinski definition) is 3. The van der Waals surface area contributed by atoms with E-state index in [9.17, 15) is 4.79 Å². The first-order valence-corrected chi connectivity index (χ1v) is 5.87. The summed E-state index contributed by atoms with van der Waals surface area (Å²) in [6, 6.07) is 0.162. The summed E-state index contributed by atoms with van der Waals surface area (Å²) in [5, 5.41) is 0. The van der Waals surface area contributed by atoms with Gasteiger partial charge in [0.05, 0.1) is 12.6 Å². The zero-order valence-electron chi connectivity index (χ0n) is 10.9. The summed E-state index contributed by atoms with van der Waals surface area (Å²) in [7, 11) is 0. The van der Waals surface area contributed by atoms with Crippen LogP contribution in [0.5, 0.6) is 0 Å². The van der Waals surface area contributed by atoms with Crippen LogP contribution in [0.4, 0.5) is 4.79 Å². The average molecular weight is 229 g/mol. The Bertz CT molecular complexity index is 245. The van der Waals surface area contributed by atoms with Crippen molar-refractivity contribution in [2.75, 3.05) is 13.3 Å². The molecule has 0 aromatic carbocycles. The van der Waals surface area contributed by atoms with Gasteiger partial charge in [-0.2, -0.15) is 0 Å². The van der Waals surface area contributed by atoms with Gasteiger partial charge in [-0.25, -0.2) is 4.79 Å². The van der Waals surface area contributed by atoms with Crippen molar-refractivity contribution in [1.82, 2.24) is 4.90 Å². The van der Waals surface area contributed by atoms with Crippen molar-refractivity contribution in [3.63, 3.8) is 0 Å². The first-order chi connectivity index (χ1) is 7.29. The van der Waals surface area contributed by atoms with Crippen LogP contribution >= 0.6 is 0 Å². The van der Waals surface area contributed by atoms with Gasteiger partial charge in [0, 0.05) is 0 Å². The van der Waals surface area contributed by atoms with Gasteiger partial charge in [0.2, 0.25) is 0 Å². The minimum atomic E-state index is -0.442. The summed E-state index contributed by atoms with van der Waals surface area (Å²) >= 11 is 0. The van der Waals surface area contributed by atoms with E-state index in [0.29, 0.717) is 19.3 Å². The van der Waals surface area contributed by atoms with E-state index in [4.69, 9.17) is 9.47 Å². The van der Waals surface area contributed by atoms with E-state index in [-0.39, 0.29) is 12.1 Å². The molecular formula is C12H23NO3. The predicted octanol–water partition coefficient (Wildman–Crippen LogP) is 2.63. The van der Waals surface area contributed by atoms with Crippen LogP contribution in [-0.2, 0) is 9.47 Å². The van der Waals surface area contributed by atoms with Crippen LogP contribution in [0.25, 0.3) is 0 Å². The second-order valence-electron chi connectivity index (χ2n) is 5.73. The van der Waals surface area contributed by atoms with Crippen LogP contribution < -0.4 is 0 Å². The van der Waals surface area contributed by atoms with Crippen molar-refractivity contribution in [2.24, 2.45) is 5.92 Å². The lowest BCUT2D eigenvalue weighted by Gasteiger charge is -2.27. The van der Waals surface area contributed by atoms with Gasteiger partial charge in [0.25, 0.3) is 0 Å². The summed E-state index contributed by atoms with van der Waals surface area (Å²) < 4.78 is 10.7. The summed E-state index contributed by atoms with van der Waals surface area (Å²) in [6.07, 6.45) is 0.690. The maximum absolute atomic E-state index is 11.9.